The Hall–Kier alpha value is -2.94. The first-order valence-corrected chi connectivity index (χ1v) is 8.82. The summed E-state index contributed by atoms with van der Waals surface area (Å²) in [5.41, 5.74) is 1.39. The largest absolute Gasteiger partial charge is 0.351 e. The van der Waals surface area contributed by atoms with Gasteiger partial charge in [0.1, 0.15) is 0 Å². The van der Waals surface area contributed by atoms with Crippen LogP contribution in [0, 0.1) is 6.92 Å². The molecule has 24 heavy (non-hydrogen) atoms. The van der Waals surface area contributed by atoms with E-state index in [0.29, 0.717) is 17.1 Å². The number of rotatable bonds is 4. The summed E-state index contributed by atoms with van der Waals surface area (Å²) in [5.74, 6) is -0.386. The lowest BCUT2D eigenvalue weighted by molar-refractivity contribution is 0.0988. The van der Waals surface area contributed by atoms with E-state index in [1.807, 2.05) is 0 Å². The smallest absolute Gasteiger partial charge is 0.294 e. The Morgan fingerprint density at radius 2 is 2.04 bits per heavy atom. The van der Waals surface area contributed by atoms with Crippen molar-refractivity contribution in [2.75, 3.05) is 11.6 Å². The summed E-state index contributed by atoms with van der Waals surface area (Å²) in [6, 6.07) is 7.99. The first-order chi connectivity index (χ1) is 11.3. The van der Waals surface area contributed by atoms with Gasteiger partial charge in [0.2, 0.25) is 5.76 Å². The van der Waals surface area contributed by atoms with Crippen molar-refractivity contribution in [3.63, 3.8) is 0 Å². The zero-order chi connectivity index (χ0) is 17.3. The highest BCUT2D eigenvalue weighted by Crippen LogP contribution is 2.20. The Balaban J connectivity index is 1.88. The molecule has 0 bridgehead atoms. The molecule has 1 aromatic carbocycles. The van der Waals surface area contributed by atoms with Crippen molar-refractivity contribution in [2.24, 2.45) is 0 Å². The fourth-order valence-corrected chi connectivity index (χ4v) is 3.01. The van der Waals surface area contributed by atoms with E-state index in [1.165, 1.54) is 29.2 Å². The minimum Gasteiger partial charge on any atom is -0.351 e. The van der Waals surface area contributed by atoms with Crippen molar-refractivity contribution in [1.29, 1.82) is 0 Å². The summed E-state index contributed by atoms with van der Waals surface area (Å²) < 4.78 is 30.0. The lowest BCUT2D eigenvalue weighted by Crippen LogP contribution is -2.10. The van der Waals surface area contributed by atoms with Gasteiger partial charge < -0.3 is 9.84 Å². The number of para-hydroxylation sites is 1. The molecule has 3 rings (SSSR count). The number of carbonyl (C=O) groups excluding carboxylic acids is 1. The van der Waals surface area contributed by atoms with Crippen LogP contribution < -0.4 is 5.32 Å². The molecule has 9 heteroatoms. The molecule has 0 aliphatic heterocycles. The molecule has 3 aromatic rings. The fraction of sp³-hybridized carbons (Fsp3) is 0.133. The minimum absolute atomic E-state index is 0.0804. The lowest BCUT2D eigenvalue weighted by atomic mass is 10.3. The molecule has 124 valence electrons. The van der Waals surface area contributed by atoms with Crippen LogP contribution in [0.1, 0.15) is 16.2 Å². The summed E-state index contributed by atoms with van der Waals surface area (Å²) in [6.07, 6.45) is 4.07. The van der Waals surface area contributed by atoms with E-state index in [2.05, 4.69) is 15.6 Å². The van der Waals surface area contributed by atoms with E-state index >= 15 is 0 Å². The Bertz CT molecular complexity index is 1000. The molecule has 0 saturated heterocycles. The summed E-state index contributed by atoms with van der Waals surface area (Å²) in [6.45, 7) is 1.71. The normalized spacial score (nSPS) is 11.4. The zero-order valence-corrected chi connectivity index (χ0v) is 13.7. The monoisotopic (exact) mass is 346 g/mol. The number of aryl methyl sites for hydroxylation is 1. The number of hydrogen-bond donors (Lipinski definition) is 1. The molecule has 0 radical (unpaired) electrons. The van der Waals surface area contributed by atoms with E-state index in [-0.39, 0.29) is 10.7 Å². The van der Waals surface area contributed by atoms with Crippen LogP contribution >= 0.6 is 0 Å². The number of amides is 1. The minimum atomic E-state index is -3.41. The van der Waals surface area contributed by atoms with E-state index < -0.39 is 15.7 Å². The Labute approximate surface area is 138 Å². The number of benzene rings is 1. The standard InChI is InChI=1S/C15H14N4O4S/c1-10-7-13(23-18-10)15(20)17-11-8-16-19(9-11)12-5-3-4-6-14(12)24(2,21)22/h3-9H,1-2H3,(H,17,20). The van der Waals surface area contributed by atoms with Crippen molar-refractivity contribution in [3.8, 4) is 5.69 Å². The van der Waals surface area contributed by atoms with Gasteiger partial charge in [-0.2, -0.15) is 5.10 Å². The topological polar surface area (TPSA) is 107 Å². The third-order valence-electron chi connectivity index (χ3n) is 3.20. The maximum absolute atomic E-state index is 12.0. The van der Waals surface area contributed by atoms with Crippen LogP contribution in [0.15, 0.2) is 52.1 Å². The summed E-state index contributed by atoms with van der Waals surface area (Å²) in [7, 11) is -3.41. The van der Waals surface area contributed by atoms with Crippen LogP contribution in [0.5, 0.6) is 0 Å². The SMILES string of the molecule is Cc1cc(C(=O)Nc2cnn(-c3ccccc3S(C)(=O)=O)c2)on1. The van der Waals surface area contributed by atoms with Crippen LogP contribution in [0.4, 0.5) is 5.69 Å². The van der Waals surface area contributed by atoms with Crippen LogP contribution in [0.2, 0.25) is 0 Å². The van der Waals surface area contributed by atoms with Crippen molar-refractivity contribution in [1.82, 2.24) is 14.9 Å². The predicted octanol–water partition coefficient (Wildman–Crippen LogP) is 1.82. The molecule has 2 aromatic heterocycles. The van der Waals surface area contributed by atoms with Crippen LogP contribution in [0.25, 0.3) is 5.69 Å². The zero-order valence-electron chi connectivity index (χ0n) is 12.9. The first-order valence-electron chi connectivity index (χ1n) is 6.93. The van der Waals surface area contributed by atoms with Crippen LogP contribution in [-0.4, -0.2) is 35.5 Å². The molecule has 1 N–H and O–H groups in total. The van der Waals surface area contributed by atoms with E-state index in [1.54, 1.807) is 25.1 Å². The predicted molar refractivity (Wildman–Crippen MR) is 85.9 cm³/mol. The molecule has 0 aliphatic rings. The quantitative estimate of drug-likeness (QED) is 0.772. The van der Waals surface area contributed by atoms with E-state index in [0.717, 1.165) is 6.26 Å². The van der Waals surface area contributed by atoms with Gasteiger partial charge in [-0.05, 0) is 19.1 Å². The lowest BCUT2D eigenvalue weighted by Gasteiger charge is -2.07. The van der Waals surface area contributed by atoms with Gasteiger partial charge in [-0.25, -0.2) is 13.1 Å². The molecule has 0 atom stereocenters. The van der Waals surface area contributed by atoms with E-state index in [4.69, 9.17) is 4.52 Å². The maximum Gasteiger partial charge on any atom is 0.294 e. The molecular formula is C15H14N4O4S. The number of hydrogen-bond acceptors (Lipinski definition) is 6. The summed E-state index contributed by atoms with van der Waals surface area (Å²) in [4.78, 5) is 12.2. The number of nitrogens with one attached hydrogen (secondary N) is 1. The molecule has 8 nitrogen and oxygen atoms in total. The highest BCUT2D eigenvalue weighted by Gasteiger charge is 2.16. The Morgan fingerprint density at radius 3 is 2.71 bits per heavy atom. The maximum atomic E-state index is 12.0. The third-order valence-corrected chi connectivity index (χ3v) is 4.35. The summed E-state index contributed by atoms with van der Waals surface area (Å²) in [5, 5.41) is 10.4. The van der Waals surface area contributed by atoms with Gasteiger partial charge in [0.05, 0.1) is 34.4 Å². The molecule has 1 amide bonds. The molecule has 2 heterocycles. The van der Waals surface area contributed by atoms with Gasteiger partial charge in [0.15, 0.2) is 9.84 Å². The Kier molecular flexibility index (Phi) is 3.94. The second-order valence-electron chi connectivity index (χ2n) is 5.20. The van der Waals surface area contributed by atoms with Gasteiger partial charge in [0, 0.05) is 12.3 Å². The summed E-state index contributed by atoms with van der Waals surface area (Å²) >= 11 is 0. The number of nitrogens with zero attached hydrogens (tertiary/aromatic N) is 3. The van der Waals surface area contributed by atoms with Gasteiger partial charge in [-0.3, -0.25) is 4.79 Å². The Morgan fingerprint density at radius 1 is 1.29 bits per heavy atom. The van der Waals surface area contributed by atoms with Gasteiger partial charge in [0.25, 0.3) is 5.91 Å². The van der Waals surface area contributed by atoms with Crippen molar-refractivity contribution >= 4 is 21.4 Å². The number of sulfone groups is 1. The van der Waals surface area contributed by atoms with Gasteiger partial charge in [-0.15, -0.1) is 0 Å². The van der Waals surface area contributed by atoms with Gasteiger partial charge in [-0.1, -0.05) is 17.3 Å². The van der Waals surface area contributed by atoms with Crippen molar-refractivity contribution in [2.45, 2.75) is 11.8 Å². The fourth-order valence-electron chi connectivity index (χ4n) is 2.14. The van der Waals surface area contributed by atoms with E-state index in [9.17, 15) is 13.2 Å². The van der Waals surface area contributed by atoms with Crippen LogP contribution in [0.3, 0.4) is 0 Å². The first kappa shape index (κ1) is 15.9. The van der Waals surface area contributed by atoms with Gasteiger partial charge >= 0.3 is 0 Å². The molecule has 0 fully saturated rings. The van der Waals surface area contributed by atoms with Crippen molar-refractivity contribution in [3.05, 3.63) is 54.2 Å². The second-order valence-corrected chi connectivity index (χ2v) is 7.18. The molecule has 0 unspecified atom stereocenters. The number of anilines is 1. The molecule has 0 saturated carbocycles. The molecule has 0 aliphatic carbocycles. The average Bonchev–Trinajstić information content (AvgIpc) is 3.15. The highest BCUT2D eigenvalue weighted by molar-refractivity contribution is 7.90. The van der Waals surface area contributed by atoms with Crippen molar-refractivity contribution < 1.29 is 17.7 Å². The van der Waals surface area contributed by atoms with Crippen LogP contribution in [-0.2, 0) is 9.84 Å². The average molecular weight is 346 g/mol. The second kappa shape index (κ2) is 5.93. The highest BCUT2D eigenvalue weighted by atomic mass is 32.2. The third kappa shape index (κ3) is 3.20. The molecular weight excluding hydrogens is 332 g/mol. The number of aromatic nitrogens is 3. The number of carbonyl (C=O) groups is 1. The molecule has 0 spiro atoms.